The highest BCUT2D eigenvalue weighted by molar-refractivity contribution is 5.63. The fourth-order valence-electron chi connectivity index (χ4n) is 1.72. The summed E-state index contributed by atoms with van der Waals surface area (Å²) in [6.07, 6.45) is 1.12. The Morgan fingerprint density at radius 2 is 2.33 bits per heavy atom. The van der Waals surface area contributed by atoms with Gasteiger partial charge < -0.3 is 10.6 Å². The smallest absolute Gasteiger partial charge is 0.0462 e. The van der Waals surface area contributed by atoms with Crippen molar-refractivity contribution >= 4 is 11.4 Å². The zero-order valence-corrected chi connectivity index (χ0v) is 7.25. The van der Waals surface area contributed by atoms with E-state index in [1.807, 2.05) is 6.07 Å². The van der Waals surface area contributed by atoms with Gasteiger partial charge in [0.05, 0.1) is 0 Å². The third kappa shape index (κ3) is 1.04. The van der Waals surface area contributed by atoms with E-state index >= 15 is 0 Å². The van der Waals surface area contributed by atoms with Crippen molar-refractivity contribution in [2.24, 2.45) is 0 Å². The number of anilines is 2. The molecule has 2 rings (SSSR count). The maximum absolute atomic E-state index is 5.69. The molecule has 0 atom stereocenters. The van der Waals surface area contributed by atoms with Crippen LogP contribution in [-0.2, 0) is 6.42 Å². The molecule has 2 heteroatoms. The van der Waals surface area contributed by atoms with E-state index in [-0.39, 0.29) is 0 Å². The summed E-state index contributed by atoms with van der Waals surface area (Å²) in [5.41, 5.74) is 9.24. The molecule has 1 aliphatic heterocycles. The number of nitrogens with zero attached hydrogens (tertiary/aromatic N) is 1. The van der Waals surface area contributed by atoms with Crippen molar-refractivity contribution < 1.29 is 0 Å². The molecule has 63 valence electrons. The average Bonchev–Trinajstić information content (AvgIpc) is 2.46. The number of hydrogen-bond donors (Lipinski definition) is 1. The van der Waals surface area contributed by atoms with E-state index in [0.717, 1.165) is 18.7 Å². The first-order chi connectivity index (χ1) is 5.81. The first-order valence-corrected chi connectivity index (χ1v) is 4.26. The Bertz CT molecular complexity index is 294. The third-order valence-corrected chi connectivity index (χ3v) is 2.35. The monoisotopic (exact) mass is 161 g/mol. The fourth-order valence-corrected chi connectivity index (χ4v) is 1.72. The van der Waals surface area contributed by atoms with E-state index < -0.39 is 0 Å². The molecule has 0 amide bonds. The normalized spacial score (nSPS) is 14.9. The zero-order chi connectivity index (χ0) is 8.55. The Labute approximate surface area is 73.0 Å². The van der Waals surface area contributed by atoms with E-state index in [2.05, 4.69) is 30.5 Å². The molecule has 0 unspecified atom stereocenters. The van der Waals surface area contributed by atoms with E-state index in [4.69, 9.17) is 5.73 Å². The second-order valence-electron chi connectivity index (χ2n) is 3.09. The summed E-state index contributed by atoms with van der Waals surface area (Å²) < 4.78 is 0. The summed E-state index contributed by atoms with van der Waals surface area (Å²) in [6, 6.07) is 6.12. The Morgan fingerprint density at radius 1 is 1.50 bits per heavy atom. The Morgan fingerprint density at radius 3 is 3.08 bits per heavy atom. The number of fused-ring (bicyclic) bond motifs is 1. The van der Waals surface area contributed by atoms with Crippen molar-refractivity contribution in [2.75, 3.05) is 17.2 Å². The van der Waals surface area contributed by atoms with Crippen LogP contribution in [0.2, 0.25) is 0 Å². The SMILES string of the molecule is C[CH]N1CCc2cc(N)ccc21. The van der Waals surface area contributed by atoms with Crippen LogP contribution in [-0.4, -0.2) is 6.54 Å². The molecule has 0 aromatic heterocycles. The highest BCUT2D eigenvalue weighted by Gasteiger charge is 2.16. The minimum Gasteiger partial charge on any atom is -0.399 e. The van der Waals surface area contributed by atoms with Gasteiger partial charge in [-0.25, -0.2) is 0 Å². The molecule has 1 radical (unpaired) electrons. The standard InChI is InChI=1S/C10H13N2/c1-2-12-6-5-8-7-9(11)3-4-10(8)12/h2-4,7H,5-6,11H2,1H3. The fraction of sp³-hybridized carbons (Fsp3) is 0.300. The van der Waals surface area contributed by atoms with Gasteiger partial charge >= 0.3 is 0 Å². The van der Waals surface area contributed by atoms with Crippen molar-refractivity contribution in [1.29, 1.82) is 0 Å². The lowest BCUT2D eigenvalue weighted by Gasteiger charge is -2.15. The van der Waals surface area contributed by atoms with Gasteiger partial charge in [-0.2, -0.15) is 0 Å². The first kappa shape index (κ1) is 7.47. The van der Waals surface area contributed by atoms with Crippen LogP contribution in [0.25, 0.3) is 0 Å². The number of benzene rings is 1. The van der Waals surface area contributed by atoms with Crippen LogP contribution in [0.5, 0.6) is 0 Å². The van der Waals surface area contributed by atoms with Crippen LogP contribution < -0.4 is 10.6 Å². The van der Waals surface area contributed by atoms with Crippen LogP contribution in [0.1, 0.15) is 12.5 Å². The van der Waals surface area contributed by atoms with Crippen molar-refractivity contribution in [3.8, 4) is 0 Å². The number of nitrogens with two attached hydrogens (primary N) is 1. The van der Waals surface area contributed by atoms with E-state index in [1.54, 1.807) is 0 Å². The predicted octanol–water partition coefficient (Wildman–Crippen LogP) is 1.81. The second-order valence-corrected chi connectivity index (χ2v) is 3.09. The van der Waals surface area contributed by atoms with Gasteiger partial charge in [0.25, 0.3) is 0 Å². The molecular weight excluding hydrogens is 148 g/mol. The van der Waals surface area contributed by atoms with Crippen LogP contribution in [0.4, 0.5) is 11.4 Å². The van der Waals surface area contributed by atoms with Gasteiger partial charge in [-0.15, -0.1) is 0 Å². The highest BCUT2D eigenvalue weighted by atomic mass is 15.1. The van der Waals surface area contributed by atoms with Gasteiger partial charge in [0, 0.05) is 24.5 Å². The van der Waals surface area contributed by atoms with Crippen LogP contribution >= 0.6 is 0 Å². The minimum atomic E-state index is 0.867. The van der Waals surface area contributed by atoms with E-state index in [1.165, 1.54) is 11.3 Å². The molecule has 0 saturated heterocycles. The third-order valence-electron chi connectivity index (χ3n) is 2.35. The maximum Gasteiger partial charge on any atom is 0.0462 e. The minimum absolute atomic E-state index is 0.867. The van der Waals surface area contributed by atoms with Gasteiger partial charge in [0.2, 0.25) is 0 Å². The number of hydrogen-bond acceptors (Lipinski definition) is 2. The molecule has 1 heterocycles. The first-order valence-electron chi connectivity index (χ1n) is 4.26. The molecule has 2 N–H and O–H groups in total. The van der Waals surface area contributed by atoms with Gasteiger partial charge in [0.15, 0.2) is 0 Å². The predicted molar refractivity (Wildman–Crippen MR) is 51.9 cm³/mol. The molecule has 1 aromatic carbocycles. The van der Waals surface area contributed by atoms with Crippen LogP contribution in [0, 0.1) is 6.54 Å². The lowest BCUT2D eigenvalue weighted by atomic mass is 10.1. The highest BCUT2D eigenvalue weighted by Crippen LogP contribution is 2.29. The average molecular weight is 161 g/mol. The largest absolute Gasteiger partial charge is 0.399 e. The van der Waals surface area contributed by atoms with Crippen molar-refractivity contribution in [3.05, 3.63) is 30.3 Å². The van der Waals surface area contributed by atoms with Crippen molar-refractivity contribution in [3.63, 3.8) is 0 Å². The number of rotatable bonds is 1. The van der Waals surface area contributed by atoms with Gasteiger partial charge in [-0.05, 0) is 37.1 Å². The summed E-state index contributed by atoms with van der Waals surface area (Å²) in [4.78, 5) is 2.26. The lowest BCUT2D eigenvalue weighted by Crippen LogP contribution is -2.14. The van der Waals surface area contributed by atoms with Crippen molar-refractivity contribution in [2.45, 2.75) is 13.3 Å². The Kier molecular flexibility index (Phi) is 1.68. The molecule has 0 spiro atoms. The molecule has 0 saturated carbocycles. The Balaban J connectivity index is 2.40. The zero-order valence-electron chi connectivity index (χ0n) is 7.25. The van der Waals surface area contributed by atoms with E-state index in [9.17, 15) is 0 Å². The van der Waals surface area contributed by atoms with E-state index in [0.29, 0.717) is 0 Å². The lowest BCUT2D eigenvalue weighted by molar-refractivity contribution is 0.941. The van der Waals surface area contributed by atoms with Crippen LogP contribution in [0.3, 0.4) is 0 Å². The molecule has 0 fully saturated rings. The van der Waals surface area contributed by atoms with Gasteiger partial charge in [-0.1, -0.05) is 0 Å². The summed E-state index contributed by atoms with van der Waals surface area (Å²) >= 11 is 0. The topological polar surface area (TPSA) is 29.3 Å². The molecule has 2 nitrogen and oxygen atoms in total. The van der Waals surface area contributed by atoms with Crippen LogP contribution in [0.15, 0.2) is 18.2 Å². The molecule has 0 aliphatic carbocycles. The summed E-state index contributed by atoms with van der Waals surface area (Å²) in [5, 5.41) is 0. The molecule has 0 bridgehead atoms. The molecule has 1 aliphatic rings. The molecular formula is C10H13N2. The maximum atomic E-state index is 5.69. The quantitative estimate of drug-likeness (QED) is 0.636. The summed E-state index contributed by atoms with van der Waals surface area (Å²) in [7, 11) is 0. The van der Waals surface area contributed by atoms with Crippen molar-refractivity contribution in [1.82, 2.24) is 0 Å². The Hall–Kier alpha value is -1.18. The molecule has 12 heavy (non-hydrogen) atoms. The van der Waals surface area contributed by atoms with Gasteiger partial charge in [0.1, 0.15) is 0 Å². The second kappa shape index (κ2) is 2.70. The molecule has 1 aromatic rings. The van der Waals surface area contributed by atoms with Gasteiger partial charge in [-0.3, -0.25) is 0 Å². The summed E-state index contributed by atoms with van der Waals surface area (Å²) in [5.74, 6) is 0. The number of nitrogen functional groups attached to an aromatic ring is 1. The summed E-state index contributed by atoms with van der Waals surface area (Å²) in [6.45, 7) is 5.27.